The highest BCUT2D eigenvalue weighted by molar-refractivity contribution is 6.49. The van der Waals surface area contributed by atoms with Crippen LogP contribution in [0.1, 0.15) is 23.6 Å². The van der Waals surface area contributed by atoms with Crippen molar-refractivity contribution in [1.82, 2.24) is 0 Å². The number of hydrogen-bond donors (Lipinski definition) is 0. The first-order valence-electron chi connectivity index (χ1n) is 5.31. The maximum atomic E-state index is 5.96. The first kappa shape index (κ1) is 11.3. The third-order valence-electron chi connectivity index (χ3n) is 2.23. The van der Waals surface area contributed by atoms with Crippen molar-refractivity contribution in [2.24, 2.45) is 0 Å². The van der Waals surface area contributed by atoms with Crippen molar-refractivity contribution in [3.05, 3.63) is 28.8 Å². The Hall–Kier alpha value is -0.763. The molecule has 0 radical (unpaired) electrons. The van der Waals surface area contributed by atoms with Gasteiger partial charge in [0.25, 0.3) is 0 Å². The minimum absolute atomic E-state index is 0.983. The highest BCUT2D eigenvalue weighted by Gasteiger charge is 2.08. The average Bonchev–Trinajstić information content (AvgIpc) is 2.08. The van der Waals surface area contributed by atoms with E-state index in [4.69, 9.17) is 4.43 Å². The van der Waals surface area contributed by atoms with Gasteiger partial charge in [0.1, 0.15) is 5.75 Å². The maximum absolute atomic E-state index is 5.96. The van der Waals surface area contributed by atoms with Crippen molar-refractivity contribution in [1.29, 1.82) is 0 Å². The predicted molar refractivity (Wildman–Crippen MR) is 64.8 cm³/mol. The van der Waals surface area contributed by atoms with E-state index < -0.39 is 9.04 Å². The van der Waals surface area contributed by atoms with Crippen molar-refractivity contribution in [2.45, 2.75) is 40.3 Å². The van der Waals surface area contributed by atoms with Crippen LogP contribution in [0, 0.1) is 13.8 Å². The number of benzene rings is 1. The van der Waals surface area contributed by atoms with Crippen LogP contribution in [0.2, 0.25) is 13.1 Å². The Morgan fingerprint density at radius 3 is 2.36 bits per heavy atom. The van der Waals surface area contributed by atoms with Gasteiger partial charge in [-0.05, 0) is 44.5 Å². The number of hydrogen-bond acceptors (Lipinski definition) is 1. The molecule has 0 N–H and O–H groups in total. The molecule has 2 heteroatoms. The fourth-order valence-corrected chi connectivity index (χ4v) is 2.52. The molecule has 0 aromatic heterocycles. The van der Waals surface area contributed by atoms with E-state index in [0.29, 0.717) is 0 Å². The second-order valence-electron chi connectivity index (χ2n) is 4.09. The lowest BCUT2D eigenvalue weighted by molar-refractivity contribution is 0.567. The summed E-state index contributed by atoms with van der Waals surface area (Å²) in [6, 6.07) is 4.43. The van der Waals surface area contributed by atoms with Crippen LogP contribution in [0.25, 0.3) is 0 Å². The predicted octanol–water partition coefficient (Wildman–Crippen LogP) is 3.23. The van der Waals surface area contributed by atoms with E-state index in [0.717, 1.165) is 12.2 Å². The molecular formula is C12H20OSi. The minimum Gasteiger partial charge on any atom is -0.547 e. The van der Waals surface area contributed by atoms with Crippen LogP contribution in [0.5, 0.6) is 5.75 Å². The third kappa shape index (κ3) is 2.61. The van der Waals surface area contributed by atoms with Crippen LogP contribution < -0.4 is 4.43 Å². The lowest BCUT2D eigenvalue weighted by Crippen LogP contribution is -2.13. The molecular weight excluding hydrogens is 188 g/mol. The summed E-state index contributed by atoms with van der Waals surface area (Å²) < 4.78 is 5.96. The first-order chi connectivity index (χ1) is 6.54. The van der Waals surface area contributed by atoms with Crippen LogP contribution in [0.15, 0.2) is 12.1 Å². The summed E-state index contributed by atoms with van der Waals surface area (Å²) in [6.07, 6.45) is 1.05. The average molecular weight is 208 g/mol. The molecule has 1 nitrogen and oxygen atoms in total. The highest BCUT2D eigenvalue weighted by atomic mass is 28.3. The zero-order chi connectivity index (χ0) is 10.7. The molecule has 1 aromatic carbocycles. The van der Waals surface area contributed by atoms with Crippen LogP contribution in [-0.4, -0.2) is 9.04 Å². The number of aryl methyl sites for hydroxylation is 3. The zero-order valence-electron chi connectivity index (χ0n) is 9.85. The summed E-state index contributed by atoms with van der Waals surface area (Å²) in [7, 11) is -0.983. The Balaban J connectivity index is 3.11. The van der Waals surface area contributed by atoms with Crippen LogP contribution >= 0.6 is 0 Å². The van der Waals surface area contributed by atoms with Gasteiger partial charge in [0.2, 0.25) is 9.04 Å². The molecule has 0 aliphatic carbocycles. The molecule has 0 aliphatic rings. The van der Waals surface area contributed by atoms with Crippen LogP contribution in [0.3, 0.4) is 0 Å². The second-order valence-corrected chi connectivity index (χ2v) is 6.42. The summed E-state index contributed by atoms with van der Waals surface area (Å²) in [5, 5.41) is 0. The van der Waals surface area contributed by atoms with E-state index in [1.165, 1.54) is 16.7 Å². The van der Waals surface area contributed by atoms with Gasteiger partial charge in [0.15, 0.2) is 0 Å². The zero-order valence-corrected chi connectivity index (χ0v) is 11.0. The molecule has 0 amide bonds. The van der Waals surface area contributed by atoms with Gasteiger partial charge in [-0.15, -0.1) is 0 Å². The Bertz CT molecular complexity index is 318. The summed E-state index contributed by atoms with van der Waals surface area (Å²) in [5.74, 6) is 1.14. The Labute approximate surface area is 88.8 Å². The molecule has 14 heavy (non-hydrogen) atoms. The third-order valence-corrected chi connectivity index (χ3v) is 2.94. The molecule has 0 saturated carbocycles. The summed E-state index contributed by atoms with van der Waals surface area (Å²) in [6.45, 7) is 10.9. The van der Waals surface area contributed by atoms with Crippen LogP contribution in [0.4, 0.5) is 0 Å². The van der Waals surface area contributed by atoms with E-state index in [1.54, 1.807) is 0 Å². The largest absolute Gasteiger partial charge is 0.547 e. The van der Waals surface area contributed by atoms with Crippen molar-refractivity contribution in [2.75, 3.05) is 0 Å². The van der Waals surface area contributed by atoms with Gasteiger partial charge in [0, 0.05) is 0 Å². The molecule has 0 aliphatic heterocycles. The maximum Gasteiger partial charge on any atom is 0.229 e. The normalized spacial score (nSPS) is 10.7. The van der Waals surface area contributed by atoms with Gasteiger partial charge in [-0.3, -0.25) is 0 Å². The summed E-state index contributed by atoms with van der Waals surface area (Å²) >= 11 is 0. The fraction of sp³-hybridized carbons (Fsp3) is 0.500. The van der Waals surface area contributed by atoms with Crippen molar-refractivity contribution in [3.8, 4) is 5.75 Å². The minimum atomic E-state index is -0.983. The van der Waals surface area contributed by atoms with Crippen LogP contribution in [-0.2, 0) is 6.42 Å². The molecule has 0 saturated heterocycles. The molecule has 1 aromatic rings. The lowest BCUT2D eigenvalue weighted by Gasteiger charge is -2.17. The van der Waals surface area contributed by atoms with Gasteiger partial charge in [0.05, 0.1) is 0 Å². The summed E-state index contributed by atoms with van der Waals surface area (Å²) in [5.41, 5.74) is 3.96. The van der Waals surface area contributed by atoms with Gasteiger partial charge in [-0.2, -0.15) is 0 Å². The monoisotopic (exact) mass is 208 g/mol. The SMILES string of the molecule is CCc1cc(C)cc(C)c1O[SiH](C)C. The Morgan fingerprint density at radius 2 is 1.86 bits per heavy atom. The number of rotatable bonds is 3. The molecule has 0 unspecified atom stereocenters. The van der Waals surface area contributed by atoms with Gasteiger partial charge in [-0.25, -0.2) is 0 Å². The van der Waals surface area contributed by atoms with Crippen molar-refractivity contribution < 1.29 is 4.43 Å². The van der Waals surface area contributed by atoms with E-state index in [-0.39, 0.29) is 0 Å². The molecule has 0 atom stereocenters. The fourth-order valence-electron chi connectivity index (χ4n) is 1.71. The van der Waals surface area contributed by atoms with Gasteiger partial charge < -0.3 is 4.43 Å². The first-order valence-corrected chi connectivity index (χ1v) is 8.09. The Morgan fingerprint density at radius 1 is 1.21 bits per heavy atom. The smallest absolute Gasteiger partial charge is 0.229 e. The molecule has 0 fully saturated rings. The standard InChI is InChI=1S/C12H20OSi/c1-6-11-8-9(2)7-10(3)12(11)13-14(4)5/h7-8,14H,6H2,1-5H3. The Kier molecular flexibility index (Phi) is 3.75. The van der Waals surface area contributed by atoms with E-state index >= 15 is 0 Å². The summed E-state index contributed by atoms with van der Waals surface area (Å²) in [4.78, 5) is 0. The quantitative estimate of drug-likeness (QED) is 0.693. The van der Waals surface area contributed by atoms with E-state index in [1.807, 2.05) is 0 Å². The topological polar surface area (TPSA) is 9.23 Å². The van der Waals surface area contributed by atoms with Gasteiger partial charge >= 0.3 is 0 Å². The van der Waals surface area contributed by atoms with Crippen molar-refractivity contribution in [3.63, 3.8) is 0 Å². The van der Waals surface area contributed by atoms with Crippen molar-refractivity contribution >= 4 is 9.04 Å². The van der Waals surface area contributed by atoms with E-state index in [2.05, 4.69) is 46.0 Å². The molecule has 1 rings (SSSR count). The molecule has 0 spiro atoms. The second kappa shape index (κ2) is 4.65. The highest BCUT2D eigenvalue weighted by Crippen LogP contribution is 2.26. The molecule has 0 heterocycles. The molecule has 0 bridgehead atoms. The van der Waals surface area contributed by atoms with Gasteiger partial charge in [-0.1, -0.05) is 24.6 Å². The lowest BCUT2D eigenvalue weighted by atomic mass is 10.0. The molecule has 78 valence electrons. The van der Waals surface area contributed by atoms with E-state index in [9.17, 15) is 0 Å².